The molecular weight excluding hydrogens is 164 g/mol. The first-order chi connectivity index (χ1) is 6.20. The van der Waals surface area contributed by atoms with E-state index < -0.39 is 0 Å². The smallest absolute Gasteiger partial charge is 0.309 e. The van der Waals surface area contributed by atoms with E-state index in [0.717, 1.165) is 18.8 Å². The molecular formula is C11H20O2. The maximum absolute atomic E-state index is 11.1. The monoisotopic (exact) mass is 184 g/mol. The molecule has 0 aromatic heterocycles. The molecule has 0 aliphatic carbocycles. The summed E-state index contributed by atoms with van der Waals surface area (Å²) < 4.78 is 4.90. The number of rotatable bonds is 5. The molecule has 1 atom stereocenters. The highest BCUT2D eigenvalue weighted by Gasteiger charge is 2.25. The first kappa shape index (κ1) is 10.6. The third kappa shape index (κ3) is 3.79. The Morgan fingerprint density at radius 1 is 1.46 bits per heavy atom. The molecule has 13 heavy (non-hydrogen) atoms. The molecule has 0 amide bonds. The molecule has 1 rings (SSSR count). The first-order valence-corrected chi connectivity index (χ1v) is 5.37. The number of esters is 1. The van der Waals surface area contributed by atoms with E-state index in [1.54, 1.807) is 0 Å². The van der Waals surface area contributed by atoms with Crippen molar-refractivity contribution in [1.29, 1.82) is 0 Å². The predicted octanol–water partition coefficient (Wildman–Crippen LogP) is 2.77. The summed E-state index contributed by atoms with van der Waals surface area (Å²) in [6.07, 6.45) is 5.69. The predicted molar refractivity (Wildman–Crippen MR) is 52.4 cm³/mol. The molecule has 1 unspecified atom stereocenters. The van der Waals surface area contributed by atoms with Gasteiger partial charge in [0.2, 0.25) is 0 Å². The van der Waals surface area contributed by atoms with Gasteiger partial charge in [0, 0.05) is 0 Å². The molecule has 0 aromatic carbocycles. The van der Waals surface area contributed by atoms with Crippen LogP contribution in [-0.4, -0.2) is 12.6 Å². The van der Waals surface area contributed by atoms with Crippen molar-refractivity contribution in [3.05, 3.63) is 0 Å². The van der Waals surface area contributed by atoms with Crippen molar-refractivity contribution < 1.29 is 9.53 Å². The van der Waals surface area contributed by atoms with E-state index in [1.807, 2.05) is 0 Å². The van der Waals surface area contributed by atoms with Gasteiger partial charge in [-0.05, 0) is 18.8 Å². The average molecular weight is 184 g/mol. The van der Waals surface area contributed by atoms with Crippen LogP contribution in [-0.2, 0) is 9.53 Å². The number of carbonyl (C=O) groups is 1. The molecule has 0 saturated carbocycles. The van der Waals surface area contributed by atoms with Gasteiger partial charge in [-0.15, -0.1) is 0 Å². The Hall–Kier alpha value is -0.530. The minimum atomic E-state index is 0.0320. The van der Waals surface area contributed by atoms with Crippen LogP contribution >= 0.6 is 0 Å². The Morgan fingerprint density at radius 3 is 2.77 bits per heavy atom. The normalized spacial score (nSPS) is 22.4. The van der Waals surface area contributed by atoms with Crippen molar-refractivity contribution in [2.45, 2.75) is 46.0 Å². The van der Waals surface area contributed by atoms with E-state index >= 15 is 0 Å². The summed E-state index contributed by atoms with van der Waals surface area (Å²) in [5.41, 5.74) is 0. The SMILES string of the molecule is CC(C)CCCCC1CCOC1=O. The van der Waals surface area contributed by atoms with Crippen LogP contribution in [0, 0.1) is 11.8 Å². The van der Waals surface area contributed by atoms with Crippen molar-refractivity contribution >= 4 is 5.97 Å². The number of hydrogen-bond acceptors (Lipinski definition) is 2. The second-order valence-electron chi connectivity index (χ2n) is 4.33. The molecule has 0 radical (unpaired) electrons. The van der Waals surface area contributed by atoms with E-state index in [2.05, 4.69) is 13.8 Å². The van der Waals surface area contributed by atoms with E-state index in [1.165, 1.54) is 19.3 Å². The van der Waals surface area contributed by atoms with Gasteiger partial charge in [0.1, 0.15) is 0 Å². The molecule has 0 spiro atoms. The van der Waals surface area contributed by atoms with E-state index in [9.17, 15) is 4.79 Å². The molecule has 1 heterocycles. The Kier molecular flexibility index (Phi) is 4.26. The summed E-state index contributed by atoms with van der Waals surface area (Å²) in [6, 6.07) is 0. The molecule has 1 aliphatic rings. The minimum Gasteiger partial charge on any atom is -0.465 e. The summed E-state index contributed by atoms with van der Waals surface area (Å²) in [5, 5.41) is 0. The first-order valence-electron chi connectivity index (χ1n) is 5.37. The zero-order valence-electron chi connectivity index (χ0n) is 8.71. The van der Waals surface area contributed by atoms with Crippen LogP contribution in [0.15, 0.2) is 0 Å². The van der Waals surface area contributed by atoms with Crippen molar-refractivity contribution in [3.63, 3.8) is 0 Å². The van der Waals surface area contributed by atoms with Gasteiger partial charge < -0.3 is 4.74 Å². The zero-order chi connectivity index (χ0) is 9.68. The van der Waals surface area contributed by atoms with Crippen molar-refractivity contribution in [3.8, 4) is 0 Å². The molecule has 2 nitrogen and oxygen atoms in total. The lowest BCUT2D eigenvalue weighted by atomic mass is 9.98. The second kappa shape index (κ2) is 5.25. The van der Waals surface area contributed by atoms with Crippen molar-refractivity contribution in [2.24, 2.45) is 11.8 Å². The molecule has 1 saturated heterocycles. The summed E-state index contributed by atoms with van der Waals surface area (Å²) in [5.74, 6) is 1.03. The lowest BCUT2D eigenvalue weighted by Crippen LogP contribution is -2.07. The number of hydrogen-bond donors (Lipinski definition) is 0. The number of carbonyl (C=O) groups excluding carboxylic acids is 1. The standard InChI is InChI=1S/C11H20O2/c1-9(2)5-3-4-6-10-7-8-13-11(10)12/h9-10H,3-8H2,1-2H3. The third-order valence-corrected chi connectivity index (χ3v) is 2.63. The fourth-order valence-electron chi connectivity index (χ4n) is 1.74. The van der Waals surface area contributed by atoms with Gasteiger partial charge in [-0.3, -0.25) is 4.79 Å². The Morgan fingerprint density at radius 2 is 2.23 bits per heavy atom. The summed E-state index contributed by atoms with van der Waals surface area (Å²) >= 11 is 0. The molecule has 0 N–H and O–H groups in total. The van der Waals surface area contributed by atoms with Crippen LogP contribution in [0.4, 0.5) is 0 Å². The Balaban J connectivity index is 2.02. The van der Waals surface area contributed by atoms with Crippen LogP contribution in [0.5, 0.6) is 0 Å². The van der Waals surface area contributed by atoms with Gasteiger partial charge in [0.05, 0.1) is 12.5 Å². The highest BCUT2D eigenvalue weighted by Crippen LogP contribution is 2.21. The highest BCUT2D eigenvalue weighted by atomic mass is 16.5. The second-order valence-corrected chi connectivity index (χ2v) is 4.33. The van der Waals surface area contributed by atoms with Crippen LogP contribution in [0.2, 0.25) is 0 Å². The fourth-order valence-corrected chi connectivity index (χ4v) is 1.74. The minimum absolute atomic E-state index is 0.0320. The quantitative estimate of drug-likeness (QED) is 0.485. The van der Waals surface area contributed by atoms with Gasteiger partial charge in [-0.25, -0.2) is 0 Å². The van der Waals surface area contributed by atoms with Crippen LogP contribution in [0.1, 0.15) is 46.0 Å². The maximum Gasteiger partial charge on any atom is 0.309 e. The summed E-state index contributed by atoms with van der Waals surface area (Å²) in [6.45, 7) is 5.13. The Bertz CT molecular complexity index is 163. The molecule has 1 aliphatic heterocycles. The van der Waals surface area contributed by atoms with Crippen LogP contribution in [0.3, 0.4) is 0 Å². The van der Waals surface area contributed by atoms with Crippen LogP contribution in [0.25, 0.3) is 0 Å². The van der Waals surface area contributed by atoms with Gasteiger partial charge in [-0.2, -0.15) is 0 Å². The van der Waals surface area contributed by atoms with Crippen molar-refractivity contribution in [1.82, 2.24) is 0 Å². The van der Waals surface area contributed by atoms with Gasteiger partial charge in [0.15, 0.2) is 0 Å². The van der Waals surface area contributed by atoms with Crippen LogP contribution < -0.4 is 0 Å². The molecule has 2 heteroatoms. The number of cyclic esters (lactones) is 1. The lowest BCUT2D eigenvalue weighted by molar-refractivity contribution is -0.141. The maximum atomic E-state index is 11.1. The zero-order valence-corrected chi connectivity index (χ0v) is 8.71. The van der Waals surface area contributed by atoms with E-state index in [-0.39, 0.29) is 11.9 Å². The topological polar surface area (TPSA) is 26.3 Å². The molecule has 0 bridgehead atoms. The molecule has 76 valence electrons. The van der Waals surface area contributed by atoms with Gasteiger partial charge >= 0.3 is 5.97 Å². The highest BCUT2D eigenvalue weighted by molar-refractivity contribution is 5.73. The summed E-state index contributed by atoms with van der Waals surface area (Å²) in [7, 11) is 0. The lowest BCUT2D eigenvalue weighted by Gasteiger charge is -2.06. The molecule has 1 fully saturated rings. The largest absolute Gasteiger partial charge is 0.465 e. The number of unbranched alkanes of at least 4 members (excludes halogenated alkanes) is 1. The third-order valence-electron chi connectivity index (χ3n) is 2.63. The van der Waals surface area contributed by atoms with Gasteiger partial charge in [0.25, 0.3) is 0 Å². The van der Waals surface area contributed by atoms with Gasteiger partial charge in [-0.1, -0.05) is 33.1 Å². The average Bonchev–Trinajstić information content (AvgIpc) is 2.45. The van der Waals surface area contributed by atoms with Crippen molar-refractivity contribution in [2.75, 3.05) is 6.61 Å². The van der Waals surface area contributed by atoms with E-state index in [4.69, 9.17) is 4.74 Å². The summed E-state index contributed by atoms with van der Waals surface area (Å²) in [4.78, 5) is 11.1. The number of ether oxygens (including phenoxy) is 1. The molecule has 0 aromatic rings. The van der Waals surface area contributed by atoms with E-state index in [0.29, 0.717) is 6.61 Å². The Labute approximate surface area is 80.7 Å². The fraction of sp³-hybridized carbons (Fsp3) is 0.909.